The van der Waals surface area contributed by atoms with Crippen LogP contribution in [0.3, 0.4) is 0 Å². The van der Waals surface area contributed by atoms with E-state index in [2.05, 4.69) is 25.8 Å². The fourth-order valence-electron chi connectivity index (χ4n) is 2.06. The average Bonchev–Trinajstić information content (AvgIpc) is 2.32. The van der Waals surface area contributed by atoms with Gasteiger partial charge in [0.05, 0.1) is 0 Å². The van der Waals surface area contributed by atoms with Crippen LogP contribution < -0.4 is 5.73 Å². The highest BCUT2D eigenvalue weighted by atomic mass is 35.5. The summed E-state index contributed by atoms with van der Waals surface area (Å²) < 4.78 is 0. The molecule has 1 aromatic carbocycles. The molecule has 2 unspecified atom stereocenters. The summed E-state index contributed by atoms with van der Waals surface area (Å²) in [6, 6.07) is 5.75. The van der Waals surface area contributed by atoms with Crippen LogP contribution in [0, 0.1) is 5.92 Å². The van der Waals surface area contributed by atoms with E-state index in [0.29, 0.717) is 22.5 Å². The monoisotopic (exact) mass is 288 g/mol. The minimum atomic E-state index is 0.142. The molecule has 0 aliphatic rings. The van der Waals surface area contributed by atoms with E-state index in [9.17, 15) is 0 Å². The van der Waals surface area contributed by atoms with E-state index in [1.54, 1.807) is 6.07 Å². The second-order valence-electron chi connectivity index (χ2n) is 4.87. The lowest BCUT2D eigenvalue weighted by Gasteiger charge is -2.30. The molecule has 0 spiro atoms. The van der Waals surface area contributed by atoms with Crippen LogP contribution in [0.5, 0.6) is 0 Å². The highest BCUT2D eigenvalue weighted by molar-refractivity contribution is 6.35. The van der Waals surface area contributed by atoms with Gasteiger partial charge in [0.25, 0.3) is 0 Å². The Kier molecular flexibility index (Phi) is 6.44. The van der Waals surface area contributed by atoms with Crippen molar-refractivity contribution >= 4 is 23.2 Å². The van der Waals surface area contributed by atoms with E-state index in [0.717, 1.165) is 18.5 Å². The summed E-state index contributed by atoms with van der Waals surface area (Å²) in [4.78, 5) is 2.27. The Labute approximate surface area is 120 Å². The maximum atomic E-state index is 6.25. The van der Waals surface area contributed by atoms with Crippen LogP contribution in [0.15, 0.2) is 18.2 Å². The van der Waals surface area contributed by atoms with Crippen LogP contribution >= 0.6 is 23.2 Å². The van der Waals surface area contributed by atoms with Crippen molar-refractivity contribution in [3.63, 3.8) is 0 Å². The molecule has 0 bridgehead atoms. The number of likely N-dealkylation sites (N-methyl/N-ethyl adjacent to an activating group) is 1. The molecule has 0 aliphatic carbocycles. The number of hydrogen-bond donors (Lipinski definition) is 1. The van der Waals surface area contributed by atoms with E-state index in [-0.39, 0.29) is 6.04 Å². The summed E-state index contributed by atoms with van der Waals surface area (Å²) in [5.74, 6) is 0.648. The second kappa shape index (κ2) is 7.34. The van der Waals surface area contributed by atoms with Crippen molar-refractivity contribution in [2.45, 2.75) is 26.3 Å². The van der Waals surface area contributed by atoms with Crippen LogP contribution in [0.2, 0.25) is 10.0 Å². The minimum Gasteiger partial charge on any atom is -0.329 e. The lowest BCUT2D eigenvalue weighted by molar-refractivity contribution is 0.215. The third-order valence-corrected chi connectivity index (χ3v) is 3.94. The number of nitrogens with two attached hydrogens (primary N) is 1. The van der Waals surface area contributed by atoms with Gasteiger partial charge in [0.1, 0.15) is 0 Å². The number of rotatable bonds is 6. The van der Waals surface area contributed by atoms with E-state index in [1.807, 2.05) is 12.1 Å². The molecular weight excluding hydrogens is 267 g/mol. The molecule has 1 aromatic rings. The first-order valence-electron chi connectivity index (χ1n) is 6.34. The number of halogens is 2. The van der Waals surface area contributed by atoms with Crippen molar-refractivity contribution in [1.82, 2.24) is 4.90 Å². The summed E-state index contributed by atoms with van der Waals surface area (Å²) in [5.41, 5.74) is 6.95. The summed E-state index contributed by atoms with van der Waals surface area (Å²) >= 11 is 12.2. The summed E-state index contributed by atoms with van der Waals surface area (Å²) in [6.45, 7) is 6.00. The van der Waals surface area contributed by atoms with Crippen LogP contribution in [-0.2, 0) is 0 Å². The minimum absolute atomic E-state index is 0.142. The third-order valence-electron chi connectivity index (χ3n) is 3.37. The smallest absolute Gasteiger partial charge is 0.0482 e. The number of benzene rings is 1. The molecular formula is C14H22Cl2N2. The van der Waals surface area contributed by atoms with Crippen LogP contribution in [0.25, 0.3) is 0 Å². The maximum absolute atomic E-state index is 6.25. The van der Waals surface area contributed by atoms with E-state index >= 15 is 0 Å². The predicted octanol–water partition coefficient (Wildman–Crippen LogP) is 3.97. The molecule has 0 aliphatic heterocycles. The molecule has 0 amide bonds. The standard InChI is InChI=1S/C14H22Cl2N2/c1-4-10(2)9-18(3)14(8-17)12-6-5-11(15)7-13(12)16/h5-7,10,14H,4,8-9,17H2,1-3H3. The Morgan fingerprint density at radius 2 is 2.00 bits per heavy atom. The quantitative estimate of drug-likeness (QED) is 0.858. The Morgan fingerprint density at radius 1 is 1.33 bits per heavy atom. The van der Waals surface area contributed by atoms with Gasteiger partial charge in [-0.2, -0.15) is 0 Å². The lowest BCUT2D eigenvalue weighted by Crippen LogP contribution is -2.33. The Balaban J connectivity index is 2.88. The van der Waals surface area contributed by atoms with E-state index in [4.69, 9.17) is 28.9 Å². The van der Waals surface area contributed by atoms with Gasteiger partial charge >= 0.3 is 0 Å². The van der Waals surface area contributed by atoms with Gasteiger partial charge in [0.2, 0.25) is 0 Å². The summed E-state index contributed by atoms with van der Waals surface area (Å²) in [5, 5.41) is 1.35. The zero-order valence-electron chi connectivity index (χ0n) is 11.3. The molecule has 2 atom stereocenters. The molecule has 0 aromatic heterocycles. The van der Waals surface area contributed by atoms with Crippen LogP contribution in [-0.4, -0.2) is 25.0 Å². The van der Waals surface area contributed by atoms with Gasteiger partial charge in [-0.05, 0) is 30.7 Å². The van der Waals surface area contributed by atoms with Crippen molar-refractivity contribution in [1.29, 1.82) is 0 Å². The van der Waals surface area contributed by atoms with Crippen molar-refractivity contribution in [3.05, 3.63) is 33.8 Å². The third kappa shape index (κ3) is 4.13. The molecule has 0 heterocycles. The molecule has 2 nitrogen and oxygen atoms in total. The van der Waals surface area contributed by atoms with E-state index in [1.165, 1.54) is 0 Å². The Bertz CT molecular complexity index is 382. The molecule has 0 fully saturated rings. The van der Waals surface area contributed by atoms with Gasteiger partial charge in [0, 0.05) is 29.2 Å². The van der Waals surface area contributed by atoms with Gasteiger partial charge in [-0.25, -0.2) is 0 Å². The fraction of sp³-hybridized carbons (Fsp3) is 0.571. The van der Waals surface area contributed by atoms with Crippen LogP contribution in [0.1, 0.15) is 31.9 Å². The molecule has 0 saturated carbocycles. The SMILES string of the molecule is CCC(C)CN(C)C(CN)c1ccc(Cl)cc1Cl. The van der Waals surface area contributed by atoms with Crippen molar-refractivity contribution in [3.8, 4) is 0 Å². The molecule has 0 radical (unpaired) electrons. The highest BCUT2D eigenvalue weighted by Gasteiger charge is 2.19. The first-order valence-corrected chi connectivity index (χ1v) is 7.10. The molecule has 102 valence electrons. The molecule has 1 rings (SSSR count). The number of nitrogens with zero attached hydrogens (tertiary/aromatic N) is 1. The van der Waals surface area contributed by atoms with Gasteiger partial charge in [-0.15, -0.1) is 0 Å². The summed E-state index contributed by atoms with van der Waals surface area (Å²) in [6.07, 6.45) is 1.16. The van der Waals surface area contributed by atoms with Crippen molar-refractivity contribution in [2.75, 3.05) is 20.1 Å². The van der Waals surface area contributed by atoms with Crippen LogP contribution in [0.4, 0.5) is 0 Å². The zero-order chi connectivity index (χ0) is 13.7. The zero-order valence-corrected chi connectivity index (χ0v) is 12.8. The maximum Gasteiger partial charge on any atom is 0.0482 e. The summed E-state index contributed by atoms with van der Waals surface area (Å²) in [7, 11) is 2.09. The first-order chi connectivity index (χ1) is 8.49. The lowest BCUT2D eigenvalue weighted by atomic mass is 10.0. The molecule has 0 saturated heterocycles. The average molecular weight is 289 g/mol. The van der Waals surface area contributed by atoms with Crippen molar-refractivity contribution < 1.29 is 0 Å². The van der Waals surface area contributed by atoms with E-state index < -0.39 is 0 Å². The second-order valence-corrected chi connectivity index (χ2v) is 5.71. The van der Waals surface area contributed by atoms with Gasteiger partial charge < -0.3 is 5.73 Å². The normalized spacial score (nSPS) is 14.8. The molecule has 4 heteroatoms. The predicted molar refractivity (Wildman–Crippen MR) is 80.3 cm³/mol. The highest BCUT2D eigenvalue weighted by Crippen LogP contribution is 2.29. The Morgan fingerprint density at radius 3 is 2.50 bits per heavy atom. The topological polar surface area (TPSA) is 29.3 Å². The largest absolute Gasteiger partial charge is 0.329 e. The molecule has 18 heavy (non-hydrogen) atoms. The Hall–Kier alpha value is -0.280. The first kappa shape index (κ1) is 15.8. The van der Waals surface area contributed by atoms with Gasteiger partial charge in [-0.3, -0.25) is 4.90 Å². The van der Waals surface area contributed by atoms with Gasteiger partial charge in [-0.1, -0.05) is 49.5 Å². The van der Waals surface area contributed by atoms with Crippen molar-refractivity contribution in [2.24, 2.45) is 11.7 Å². The fourth-order valence-corrected chi connectivity index (χ4v) is 2.60. The van der Waals surface area contributed by atoms with Gasteiger partial charge in [0.15, 0.2) is 0 Å². The number of hydrogen-bond acceptors (Lipinski definition) is 2. The molecule has 2 N–H and O–H groups in total.